The minimum absolute atomic E-state index is 0.227. The molecule has 1 aromatic rings. The Morgan fingerprint density at radius 2 is 2.17 bits per heavy atom. The van der Waals surface area contributed by atoms with E-state index in [0.29, 0.717) is 0 Å². The normalized spacial score (nSPS) is 9.00. The molecule has 2 N–H and O–H groups in total. The van der Waals surface area contributed by atoms with Crippen LogP contribution in [0.1, 0.15) is 0 Å². The summed E-state index contributed by atoms with van der Waals surface area (Å²) in [5.74, 6) is -2.39. The Hall–Kier alpha value is -1.91. The van der Waals surface area contributed by atoms with Gasteiger partial charge < -0.3 is 10.4 Å². The van der Waals surface area contributed by atoms with Gasteiger partial charge in [0.05, 0.1) is 0 Å². The van der Waals surface area contributed by atoms with Crippen molar-refractivity contribution >= 4 is 17.7 Å². The molecule has 0 fully saturated rings. The van der Waals surface area contributed by atoms with Crippen molar-refractivity contribution in [2.75, 3.05) is 5.32 Å². The van der Waals surface area contributed by atoms with Gasteiger partial charge in [-0.3, -0.25) is 4.79 Å². The van der Waals surface area contributed by atoms with Gasteiger partial charge in [0.2, 0.25) is 0 Å². The van der Waals surface area contributed by atoms with Crippen molar-refractivity contribution in [3.05, 3.63) is 24.4 Å². The van der Waals surface area contributed by atoms with Crippen LogP contribution in [0, 0.1) is 0 Å². The van der Waals surface area contributed by atoms with Crippen LogP contribution in [-0.2, 0) is 9.59 Å². The van der Waals surface area contributed by atoms with Crippen LogP contribution in [0.25, 0.3) is 0 Å². The molecular weight excluding hydrogens is 160 g/mol. The number of aromatic nitrogens is 1. The molecule has 0 saturated carbocycles. The molecule has 1 rings (SSSR count). The SMILES string of the molecule is O=C(O)C(=O)Nc1ccccn1. The van der Waals surface area contributed by atoms with E-state index in [2.05, 4.69) is 10.3 Å². The van der Waals surface area contributed by atoms with Crippen molar-refractivity contribution in [3.63, 3.8) is 0 Å². The summed E-state index contributed by atoms with van der Waals surface area (Å²) in [4.78, 5) is 24.3. The van der Waals surface area contributed by atoms with Gasteiger partial charge in [0.1, 0.15) is 5.82 Å². The molecule has 1 amide bonds. The van der Waals surface area contributed by atoms with Crippen molar-refractivity contribution in [1.82, 2.24) is 4.98 Å². The topological polar surface area (TPSA) is 79.3 Å². The molecule has 0 bridgehead atoms. The van der Waals surface area contributed by atoms with Crippen molar-refractivity contribution < 1.29 is 14.7 Å². The number of amides is 1. The van der Waals surface area contributed by atoms with Crippen LogP contribution >= 0.6 is 0 Å². The Morgan fingerprint density at radius 1 is 1.42 bits per heavy atom. The second-order valence-electron chi connectivity index (χ2n) is 1.97. The van der Waals surface area contributed by atoms with Gasteiger partial charge in [0.25, 0.3) is 0 Å². The molecule has 0 saturated heterocycles. The predicted molar refractivity (Wildman–Crippen MR) is 40.5 cm³/mol. The van der Waals surface area contributed by atoms with Gasteiger partial charge in [-0.05, 0) is 12.1 Å². The summed E-state index contributed by atoms with van der Waals surface area (Å²) in [5, 5.41) is 10.3. The highest BCUT2D eigenvalue weighted by Gasteiger charge is 2.10. The fourth-order valence-electron chi connectivity index (χ4n) is 0.606. The first-order chi connectivity index (χ1) is 5.70. The quantitative estimate of drug-likeness (QED) is 0.580. The molecule has 0 atom stereocenters. The van der Waals surface area contributed by atoms with E-state index in [1.54, 1.807) is 12.1 Å². The Labute approximate surface area is 68.0 Å². The van der Waals surface area contributed by atoms with Crippen LogP contribution in [-0.4, -0.2) is 22.0 Å². The van der Waals surface area contributed by atoms with E-state index in [1.807, 2.05) is 0 Å². The van der Waals surface area contributed by atoms with Gasteiger partial charge in [-0.2, -0.15) is 0 Å². The maximum absolute atomic E-state index is 10.6. The monoisotopic (exact) mass is 166 g/mol. The first-order valence-corrected chi connectivity index (χ1v) is 3.15. The van der Waals surface area contributed by atoms with E-state index in [0.717, 1.165) is 0 Å². The minimum Gasteiger partial charge on any atom is -0.474 e. The number of nitrogens with one attached hydrogen (secondary N) is 1. The molecular formula is C7H6N2O3. The fourth-order valence-corrected chi connectivity index (χ4v) is 0.606. The van der Waals surface area contributed by atoms with Crippen LogP contribution in [0.2, 0.25) is 0 Å². The number of pyridine rings is 1. The van der Waals surface area contributed by atoms with E-state index in [-0.39, 0.29) is 5.82 Å². The van der Waals surface area contributed by atoms with E-state index in [4.69, 9.17) is 5.11 Å². The molecule has 1 aromatic heterocycles. The third kappa shape index (κ3) is 2.05. The lowest BCUT2D eigenvalue weighted by atomic mass is 10.4. The lowest BCUT2D eigenvalue weighted by molar-refractivity contribution is -0.147. The van der Waals surface area contributed by atoms with Crippen molar-refractivity contribution in [2.24, 2.45) is 0 Å². The molecule has 1 heterocycles. The highest BCUT2D eigenvalue weighted by Crippen LogP contribution is 1.98. The van der Waals surface area contributed by atoms with Gasteiger partial charge in [-0.1, -0.05) is 6.07 Å². The van der Waals surface area contributed by atoms with Gasteiger partial charge >= 0.3 is 11.9 Å². The standard InChI is InChI=1S/C7H6N2O3/c10-6(7(11)12)9-5-3-1-2-4-8-5/h1-4H,(H,11,12)(H,8,9,10). The molecule has 62 valence electrons. The number of carboxylic acid groups (broad SMARTS) is 1. The number of rotatable bonds is 1. The molecule has 5 heteroatoms. The van der Waals surface area contributed by atoms with Gasteiger partial charge in [-0.15, -0.1) is 0 Å². The first kappa shape index (κ1) is 8.19. The number of carbonyl (C=O) groups excluding carboxylic acids is 1. The van der Waals surface area contributed by atoms with Crippen LogP contribution in [0.3, 0.4) is 0 Å². The number of hydrogen-bond donors (Lipinski definition) is 2. The lowest BCUT2D eigenvalue weighted by Gasteiger charge is -1.97. The smallest absolute Gasteiger partial charge is 0.394 e. The summed E-state index contributed by atoms with van der Waals surface area (Å²) in [6, 6.07) is 4.81. The average molecular weight is 166 g/mol. The third-order valence-electron chi connectivity index (χ3n) is 1.10. The predicted octanol–water partition coefficient (Wildman–Crippen LogP) is 0.105. The maximum Gasteiger partial charge on any atom is 0.394 e. The number of nitrogens with zero attached hydrogens (tertiary/aromatic N) is 1. The lowest BCUT2D eigenvalue weighted by Crippen LogP contribution is -2.22. The van der Waals surface area contributed by atoms with E-state index in [9.17, 15) is 9.59 Å². The summed E-state index contributed by atoms with van der Waals surface area (Å²) >= 11 is 0. The molecule has 0 radical (unpaired) electrons. The Bertz CT molecular complexity index is 297. The second-order valence-corrected chi connectivity index (χ2v) is 1.97. The van der Waals surface area contributed by atoms with E-state index >= 15 is 0 Å². The second kappa shape index (κ2) is 3.47. The molecule has 0 aliphatic rings. The van der Waals surface area contributed by atoms with E-state index in [1.165, 1.54) is 12.3 Å². The zero-order chi connectivity index (χ0) is 8.97. The van der Waals surface area contributed by atoms with E-state index < -0.39 is 11.9 Å². The number of carboxylic acids is 1. The number of hydrogen-bond acceptors (Lipinski definition) is 3. The van der Waals surface area contributed by atoms with Crippen molar-refractivity contribution in [3.8, 4) is 0 Å². The molecule has 0 spiro atoms. The summed E-state index contributed by atoms with van der Waals surface area (Å²) < 4.78 is 0. The van der Waals surface area contributed by atoms with Crippen LogP contribution in [0.4, 0.5) is 5.82 Å². The van der Waals surface area contributed by atoms with Gasteiger partial charge in [-0.25, -0.2) is 9.78 Å². The summed E-state index contributed by atoms with van der Waals surface area (Å²) in [7, 11) is 0. The highest BCUT2D eigenvalue weighted by molar-refractivity contribution is 6.36. The number of anilines is 1. The van der Waals surface area contributed by atoms with Crippen molar-refractivity contribution in [2.45, 2.75) is 0 Å². The molecule has 12 heavy (non-hydrogen) atoms. The molecule has 0 aliphatic heterocycles. The summed E-state index contributed by atoms with van der Waals surface area (Å²) in [6.07, 6.45) is 1.46. The third-order valence-corrected chi connectivity index (χ3v) is 1.10. The largest absolute Gasteiger partial charge is 0.474 e. The molecule has 0 aromatic carbocycles. The Kier molecular flexibility index (Phi) is 2.37. The molecule has 0 unspecified atom stereocenters. The summed E-state index contributed by atoms with van der Waals surface area (Å²) in [6.45, 7) is 0. The van der Waals surface area contributed by atoms with Crippen LogP contribution in [0.15, 0.2) is 24.4 Å². The molecule has 0 aliphatic carbocycles. The van der Waals surface area contributed by atoms with Gasteiger partial charge in [0.15, 0.2) is 0 Å². The van der Waals surface area contributed by atoms with Crippen molar-refractivity contribution in [1.29, 1.82) is 0 Å². The maximum atomic E-state index is 10.6. The number of aliphatic carboxylic acids is 1. The number of carbonyl (C=O) groups is 2. The van der Waals surface area contributed by atoms with Crippen LogP contribution < -0.4 is 5.32 Å². The fraction of sp³-hybridized carbons (Fsp3) is 0. The Morgan fingerprint density at radius 3 is 2.67 bits per heavy atom. The Balaban J connectivity index is 2.65. The highest BCUT2D eigenvalue weighted by atomic mass is 16.4. The average Bonchev–Trinajstić information content (AvgIpc) is 2.06. The zero-order valence-electron chi connectivity index (χ0n) is 6.02. The van der Waals surface area contributed by atoms with Crippen LogP contribution in [0.5, 0.6) is 0 Å². The summed E-state index contributed by atoms with van der Waals surface area (Å²) in [5.41, 5.74) is 0. The van der Waals surface area contributed by atoms with Gasteiger partial charge in [0, 0.05) is 6.20 Å². The minimum atomic E-state index is -1.53. The zero-order valence-corrected chi connectivity index (χ0v) is 6.02. The first-order valence-electron chi connectivity index (χ1n) is 3.15. The molecule has 5 nitrogen and oxygen atoms in total.